The van der Waals surface area contributed by atoms with Crippen LogP contribution in [-0.2, 0) is 11.2 Å². The zero-order valence-corrected chi connectivity index (χ0v) is 13.0. The number of amides is 1. The average Bonchev–Trinajstić information content (AvgIpc) is 2.94. The Kier molecular flexibility index (Phi) is 4.22. The Bertz CT molecular complexity index is 665. The van der Waals surface area contributed by atoms with Crippen LogP contribution in [0.2, 0.25) is 0 Å². The summed E-state index contributed by atoms with van der Waals surface area (Å²) in [6.45, 7) is 3.63. The number of hydrogen-bond donors (Lipinski definition) is 1. The van der Waals surface area contributed by atoms with Crippen molar-refractivity contribution in [2.45, 2.75) is 51.5 Å². The van der Waals surface area contributed by atoms with Gasteiger partial charge in [-0.3, -0.25) is 4.79 Å². The van der Waals surface area contributed by atoms with Crippen LogP contribution in [-0.4, -0.2) is 16.0 Å². The van der Waals surface area contributed by atoms with Gasteiger partial charge >= 0.3 is 0 Å². The molecule has 5 nitrogen and oxygen atoms in total. The highest BCUT2D eigenvalue weighted by Crippen LogP contribution is 2.33. The number of carbonyl (C=O) groups excluding carboxylic acids is 1. The van der Waals surface area contributed by atoms with Crippen LogP contribution in [0.4, 0.5) is 0 Å². The minimum Gasteiger partial charge on any atom is -0.345 e. The van der Waals surface area contributed by atoms with Gasteiger partial charge in [-0.25, -0.2) is 0 Å². The van der Waals surface area contributed by atoms with Gasteiger partial charge in [-0.2, -0.15) is 4.98 Å². The van der Waals surface area contributed by atoms with E-state index in [9.17, 15) is 4.79 Å². The van der Waals surface area contributed by atoms with E-state index in [4.69, 9.17) is 4.52 Å². The standard InChI is InChI=1S/C17H21N3O2/c1-11(17-19-12(2)20-22-17)18-16(21)10-14-8-5-7-13-6-3-4-9-15(13)14/h3-4,6,9,11,14H,5,7-8,10H2,1-2H3,(H,18,21)/t11-,14-/m0/s1. The Balaban J connectivity index is 1.63. The summed E-state index contributed by atoms with van der Waals surface area (Å²) >= 11 is 0. The van der Waals surface area contributed by atoms with Gasteiger partial charge in [-0.05, 0) is 50.2 Å². The Morgan fingerprint density at radius 3 is 3.05 bits per heavy atom. The molecule has 0 fully saturated rings. The van der Waals surface area contributed by atoms with E-state index in [1.54, 1.807) is 6.92 Å². The second kappa shape index (κ2) is 6.30. The van der Waals surface area contributed by atoms with Crippen molar-refractivity contribution in [1.82, 2.24) is 15.5 Å². The third kappa shape index (κ3) is 3.18. The summed E-state index contributed by atoms with van der Waals surface area (Å²) in [5.41, 5.74) is 2.71. The molecule has 1 aromatic heterocycles. The molecule has 1 N–H and O–H groups in total. The van der Waals surface area contributed by atoms with Gasteiger partial charge in [0, 0.05) is 6.42 Å². The van der Waals surface area contributed by atoms with Gasteiger partial charge in [0.05, 0.1) is 0 Å². The molecule has 0 saturated heterocycles. The lowest BCUT2D eigenvalue weighted by atomic mass is 9.81. The molecule has 1 aromatic carbocycles. The summed E-state index contributed by atoms with van der Waals surface area (Å²) in [7, 11) is 0. The monoisotopic (exact) mass is 299 g/mol. The maximum Gasteiger partial charge on any atom is 0.248 e. The molecule has 1 heterocycles. The largest absolute Gasteiger partial charge is 0.345 e. The molecule has 1 amide bonds. The molecule has 1 aliphatic rings. The van der Waals surface area contributed by atoms with E-state index in [-0.39, 0.29) is 11.9 Å². The van der Waals surface area contributed by atoms with Crippen LogP contribution in [0.25, 0.3) is 0 Å². The number of rotatable bonds is 4. The van der Waals surface area contributed by atoms with Crippen LogP contribution < -0.4 is 5.32 Å². The van der Waals surface area contributed by atoms with Crippen LogP contribution in [0.3, 0.4) is 0 Å². The number of nitrogens with one attached hydrogen (secondary N) is 1. The number of carbonyl (C=O) groups is 1. The van der Waals surface area contributed by atoms with Crippen LogP contribution in [0.15, 0.2) is 28.8 Å². The molecule has 2 aromatic rings. The topological polar surface area (TPSA) is 68.0 Å². The van der Waals surface area contributed by atoms with E-state index in [1.165, 1.54) is 11.1 Å². The van der Waals surface area contributed by atoms with Gasteiger partial charge < -0.3 is 9.84 Å². The highest BCUT2D eigenvalue weighted by molar-refractivity contribution is 5.77. The smallest absolute Gasteiger partial charge is 0.248 e. The molecule has 1 aliphatic carbocycles. The highest BCUT2D eigenvalue weighted by Gasteiger charge is 2.23. The van der Waals surface area contributed by atoms with Crippen LogP contribution >= 0.6 is 0 Å². The van der Waals surface area contributed by atoms with Crippen molar-refractivity contribution >= 4 is 5.91 Å². The molecular weight excluding hydrogens is 278 g/mol. The zero-order chi connectivity index (χ0) is 15.5. The van der Waals surface area contributed by atoms with Crippen molar-refractivity contribution < 1.29 is 9.32 Å². The van der Waals surface area contributed by atoms with Gasteiger partial charge in [0.25, 0.3) is 0 Å². The summed E-state index contributed by atoms with van der Waals surface area (Å²) < 4.78 is 5.10. The number of fused-ring (bicyclic) bond motifs is 1. The summed E-state index contributed by atoms with van der Waals surface area (Å²) in [6, 6.07) is 8.19. The van der Waals surface area contributed by atoms with Crippen LogP contribution in [0, 0.1) is 6.92 Å². The number of aromatic nitrogens is 2. The van der Waals surface area contributed by atoms with Crippen LogP contribution in [0.1, 0.15) is 61.0 Å². The van der Waals surface area contributed by atoms with E-state index >= 15 is 0 Å². The van der Waals surface area contributed by atoms with Crippen LogP contribution in [0.5, 0.6) is 0 Å². The predicted molar refractivity (Wildman–Crippen MR) is 82.3 cm³/mol. The number of aryl methyl sites for hydroxylation is 2. The first-order valence-electron chi connectivity index (χ1n) is 7.81. The first kappa shape index (κ1) is 14.8. The van der Waals surface area contributed by atoms with Crippen molar-refractivity contribution in [3.05, 3.63) is 47.1 Å². The molecule has 116 valence electrons. The van der Waals surface area contributed by atoms with Crippen molar-refractivity contribution in [3.8, 4) is 0 Å². The summed E-state index contributed by atoms with van der Waals surface area (Å²) in [5.74, 6) is 1.37. The van der Waals surface area contributed by atoms with Gasteiger partial charge in [-0.1, -0.05) is 29.4 Å². The van der Waals surface area contributed by atoms with E-state index in [0.717, 1.165) is 19.3 Å². The second-order valence-corrected chi connectivity index (χ2v) is 5.96. The molecule has 2 atom stereocenters. The van der Waals surface area contributed by atoms with Crippen molar-refractivity contribution in [3.63, 3.8) is 0 Å². The average molecular weight is 299 g/mol. The predicted octanol–water partition coefficient (Wildman–Crippen LogP) is 3.07. The van der Waals surface area contributed by atoms with E-state index in [0.29, 0.717) is 24.1 Å². The number of nitrogens with zero attached hydrogens (tertiary/aromatic N) is 2. The summed E-state index contributed by atoms with van der Waals surface area (Å²) in [6.07, 6.45) is 3.84. The lowest BCUT2D eigenvalue weighted by Gasteiger charge is -2.25. The second-order valence-electron chi connectivity index (χ2n) is 5.96. The maximum atomic E-state index is 12.3. The first-order chi connectivity index (χ1) is 10.6. The van der Waals surface area contributed by atoms with E-state index in [1.807, 2.05) is 6.92 Å². The van der Waals surface area contributed by atoms with Crippen molar-refractivity contribution in [1.29, 1.82) is 0 Å². The highest BCUT2D eigenvalue weighted by atomic mass is 16.5. The SMILES string of the molecule is Cc1noc([C@H](C)NC(=O)C[C@@H]2CCCc3ccccc32)n1. The number of benzene rings is 1. The Morgan fingerprint density at radius 1 is 1.45 bits per heavy atom. The van der Waals surface area contributed by atoms with E-state index < -0.39 is 0 Å². The number of hydrogen-bond acceptors (Lipinski definition) is 4. The summed E-state index contributed by atoms with van der Waals surface area (Å²) in [4.78, 5) is 16.5. The maximum absolute atomic E-state index is 12.3. The molecule has 0 radical (unpaired) electrons. The van der Waals surface area contributed by atoms with Gasteiger partial charge in [-0.15, -0.1) is 0 Å². The fraction of sp³-hybridized carbons (Fsp3) is 0.471. The molecule has 3 rings (SSSR count). The third-order valence-electron chi connectivity index (χ3n) is 4.22. The molecule has 0 bridgehead atoms. The Labute approximate surface area is 130 Å². The van der Waals surface area contributed by atoms with Gasteiger partial charge in [0.1, 0.15) is 6.04 Å². The molecular formula is C17H21N3O2. The van der Waals surface area contributed by atoms with Crippen molar-refractivity contribution in [2.24, 2.45) is 0 Å². The zero-order valence-electron chi connectivity index (χ0n) is 13.0. The van der Waals surface area contributed by atoms with Gasteiger partial charge in [0.2, 0.25) is 11.8 Å². The lowest BCUT2D eigenvalue weighted by molar-refractivity contribution is -0.122. The fourth-order valence-corrected chi connectivity index (χ4v) is 3.14. The Morgan fingerprint density at radius 2 is 2.27 bits per heavy atom. The molecule has 0 saturated carbocycles. The lowest BCUT2D eigenvalue weighted by Crippen LogP contribution is -2.29. The minimum absolute atomic E-state index is 0.0325. The molecule has 22 heavy (non-hydrogen) atoms. The minimum atomic E-state index is -0.257. The molecule has 0 spiro atoms. The normalized spacial score (nSPS) is 18.5. The quantitative estimate of drug-likeness (QED) is 0.942. The molecule has 0 unspecified atom stereocenters. The third-order valence-corrected chi connectivity index (χ3v) is 4.22. The fourth-order valence-electron chi connectivity index (χ4n) is 3.14. The summed E-state index contributed by atoms with van der Waals surface area (Å²) in [5, 5.41) is 6.71. The van der Waals surface area contributed by atoms with E-state index in [2.05, 4.69) is 39.7 Å². The van der Waals surface area contributed by atoms with Crippen molar-refractivity contribution in [2.75, 3.05) is 0 Å². The Hall–Kier alpha value is -2.17. The first-order valence-corrected chi connectivity index (χ1v) is 7.81. The molecule has 5 heteroatoms. The molecule has 0 aliphatic heterocycles. The van der Waals surface area contributed by atoms with Gasteiger partial charge in [0.15, 0.2) is 5.82 Å².